The van der Waals surface area contributed by atoms with Crippen LogP contribution in [0.2, 0.25) is 0 Å². The van der Waals surface area contributed by atoms with Gasteiger partial charge in [-0.15, -0.1) is 0 Å². The van der Waals surface area contributed by atoms with Crippen LogP contribution in [0, 0.1) is 6.92 Å². The van der Waals surface area contributed by atoms with Crippen LogP contribution < -0.4 is 9.50 Å². The number of benzene rings is 2. The number of carboxylic acids is 1. The number of anilines is 1. The Bertz CT molecular complexity index is 1240. The van der Waals surface area contributed by atoms with Crippen LogP contribution in [0.15, 0.2) is 36.4 Å². The van der Waals surface area contributed by atoms with Gasteiger partial charge in [0, 0.05) is 11.3 Å². The number of carboxylic acid groups (broad SMARTS) is 1. The molecule has 0 aliphatic carbocycles. The van der Waals surface area contributed by atoms with Crippen molar-refractivity contribution in [2.45, 2.75) is 31.9 Å². The van der Waals surface area contributed by atoms with Crippen molar-refractivity contribution < 1.29 is 58.0 Å². The van der Waals surface area contributed by atoms with Crippen LogP contribution in [0.1, 0.15) is 38.8 Å². The largest absolute Gasteiger partial charge is 0.478 e. The Morgan fingerprint density at radius 1 is 1.00 bits per heavy atom. The van der Waals surface area contributed by atoms with Gasteiger partial charge in [-0.25, -0.2) is 9.18 Å². The molecule has 0 aliphatic rings. The average Bonchev–Trinajstić information content (AvgIpc) is 2.72. The van der Waals surface area contributed by atoms with Gasteiger partial charge >= 0.3 is 34.1 Å². The lowest BCUT2D eigenvalue weighted by atomic mass is 9.92. The maximum Gasteiger partial charge on any atom is 0.435 e. The number of aryl methyl sites for hydroxylation is 1. The van der Waals surface area contributed by atoms with Crippen LogP contribution in [0.5, 0.6) is 5.75 Å². The molecule has 0 saturated heterocycles. The number of aromatic carboxylic acids is 1. The predicted octanol–water partition coefficient (Wildman–Crippen LogP) is 4.96. The molecule has 2 N–H and O–H groups in total. The number of nitrogens with one attached hydrogen (secondary N) is 1. The molecule has 0 fully saturated rings. The Balaban J connectivity index is 2.50. The van der Waals surface area contributed by atoms with Gasteiger partial charge in [-0.05, 0) is 37.6 Å². The molecule has 15 heteroatoms. The summed E-state index contributed by atoms with van der Waals surface area (Å²) in [6.07, 6.45) is -12.7. The van der Waals surface area contributed by atoms with Gasteiger partial charge in [0.15, 0.2) is 5.75 Å². The summed E-state index contributed by atoms with van der Waals surface area (Å²) in [6.45, 7) is 2.19. The van der Waals surface area contributed by atoms with E-state index in [1.807, 2.05) is 0 Å². The Morgan fingerprint density at radius 2 is 1.57 bits per heavy atom. The van der Waals surface area contributed by atoms with E-state index in [1.54, 1.807) is 0 Å². The van der Waals surface area contributed by atoms with Crippen LogP contribution in [0.25, 0.3) is 0 Å². The Hall–Kier alpha value is -3.36. The molecule has 0 radical (unpaired) electrons. The molecule has 0 atom stereocenters. The molecule has 7 nitrogen and oxygen atoms in total. The van der Waals surface area contributed by atoms with Gasteiger partial charge in [0.25, 0.3) is 5.91 Å². The topological polar surface area (TPSA) is 110 Å². The molecule has 1 amide bonds. The van der Waals surface area contributed by atoms with Crippen LogP contribution in [-0.2, 0) is 15.8 Å². The van der Waals surface area contributed by atoms with Crippen molar-refractivity contribution in [1.82, 2.24) is 0 Å². The van der Waals surface area contributed by atoms with Crippen LogP contribution in [-0.4, -0.2) is 43.5 Å². The number of alkyl halides is 7. The third kappa shape index (κ3) is 5.49. The van der Waals surface area contributed by atoms with Crippen LogP contribution in [0.4, 0.5) is 36.4 Å². The molecule has 0 bridgehead atoms. The molecule has 0 aromatic heterocycles. The third-order valence-electron chi connectivity index (χ3n) is 4.71. The van der Waals surface area contributed by atoms with E-state index in [9.17, 15) is 53.8 Å². The van der Waals surface area contributed by atoms with Gasteiger partial charge < -0.3 is 14.6 Å². The number of halogens is 7. The van der Waals surface area contributed by atoms with E-state index in [1.165, 1.54) is 6.92 Å². The van der Waals surface area contributed by atoms with Crippen molar-refractivity contribution in [3.8, 4) is 5.75 Å². The van der Waals surface area contributed by atoms with Crippen molar-refractivity contribution in [3.05, 3.63) is 58.7 Å². The summed E-state index contributed by atoms with van der Waals surface area (Å²) in [6, 6.07) is 4.01. The van der Waals surface area contributed by atoms with Crippen LogP contribution >= 0.6 is 0 Å². The minimum absolute atomic E-state index is 0.176. The van der Waals surface area contributed by atoms with E-state index in [2.05, 4.69) is 9.50 Å². The normalized spacial score (nSPS) is 12.8. The molecule has 0 aliphatic heterocycles. The highest BCUT2D eigenvalue weighted by molar-refractivity contribution is 7.87. The number of carbonyl (C=O) groups excluding carboxylic acids is 1. The number of hydrogen-bond donors (Lipinski definition) is 2. The highest BCUT2D eigenvalue weighted by Crippen LogP contribution is 2.53. The molecule has 0 spiro atoms. The summed E-state index contributed by atoms with van der Waals surface area (Å²) in [4.78, 5) is 24.3. The van der Waals surface area contributed by atoms with E-state index >= 15 is 0 Å². The lowest BCUT2D eigenvalue weighted by molar-refractivity contribution is -0.348. The van der Waals surface area contributed by atoms with Crippen molar-refractivity contribution in [2.75, 3.05) is 11.1 Å². The van der Waals surface area contributed by atoms with Gasteiger partial charge in [0.2, 0.25) is 0 Å². The van der Waals surface area contributed by atoms with Crippen molar-refractivity contribution >= 4 is 27.7 Å². The molecular formula is C20H16F7NO6S. The summed E-state index contributed by atoms with van der Waals surface area (Å²) in [7, 11) is -4.19. The minimum Gasteiger partial charge on any atom is -0.478 e. The molecule has 192 valence electrons. The Kier molecular flexibility index (Phi) is 7.45. The second-order valence-electron chi connectivity index (χ2n) is 7.05. The van der Waals surface area contributed by atoms with Gasteiger partial charge in [-0.3, -0.25) is 4.79 Å². The third-order valence-corrected chi connectivity index (χ3v) is 5.85. The SMILES string of the molecule is CCS(=O)(=O)Oc1cccc(C(=O)Nc2ccc(C(F)(C(F)(F)F)C(F)(F)F)cc2C)c1C(=O)O. The maximum atomic E-state index is 14.3. The zero-order chi connectivity index (χ0) is 27.0. The fourth-order valence-electron chi connectivity index (χ4n) is 2.90. The number of carbonyl (C=O) groups is 2. The fraction of sp³-hybridized carbons (Fsp3) is 0.300. The second kappa shape index (κ2) is 9.36. The average molecular weight is 531 g/mol. The van der Waals surface area contributed by atoms with Gasteiger partial charge in [0.1, 0.15) is 5.56 Å². The summed E-state index contributed by atoms with van der Waals surface area (Å²) in [5.41, 5.74) is -9.73. The minimum atomic E-state index is -6.34. The van der Waals surface area contributed by atoms with Gasteiger partial charge in [0.05, 0.1) is 11.3 Å². The van der Waals surface area contributed by atoms with Gasteiger partial charge in [-0.2, -0.15) is 34.8 Å². The Morgan fingerprint density at radius 3 is 2.03 bits per heavy atom. The second-order valence-corrected chi connectivity index (χ2v) is 8.91. The monoisotopic (exact) mass is 531 g/mol. The first-order valence-electron chi connectivity index (χ1n) is 9.39. The van der Waals surface area contributed by atoms with E-state index in [0.717, 1.165) is 25.1 Å². The first kappa shape index (κ1) is 27.9. The molecule has 2 aromatic rings. The first-order chi connectivity index (χ1) is 15.9. The molecule has 0 unspecified atom stereocenters. The number of amides is 1. The molecule has 0 saturated carbocycles. The van der Waals surface area contributed by atoms with E-state index < -0.39 is 73.8 Å². The summed E-state index contributed by atoms with van der Waals surface area (Å²) in [5, 5.41) is 11.5. The molecule has 2 rings (SSSR count). The van der Waals surface area contributed by atoms with Crippen molar-refractivity contribution in [3.63, 3.8) is 0 Å². The van der Waals surface area contributed by atoms with Crippen molar-refractivity contribution in [2.24, 2.45) is 0 Å². The van der Waals surface area contributed by atoms with E-state index in [-0.39, 0.29) is 17.8 Å². The van der Waals surface area contributed by atoms with Gasteiger partial charge in [-0.1, -0.05) is 18.2 Å². The smallest absolute Gasteiger partial charge is 0.435 e. The zero-order valence-electron chi connectivity index (χ0n) is 17.7. The van der Waals surface area contributed by atoms with E-state index in [0.29, 0.717) is 6.07 Å². The summed E-state index contributed by atoms with van der Waals surface area (Å²) >= 11 is 0. The Labute approximate surface area is 193 Å². The molecule has 0 heterocycles. The molecule has 2 aromatic carbocycles. The summed E-state index contributed by atoms with van der Waals surface area (Å²) in [5.74, 6) is -4.20. The number of hydrogen-bond acceptors (Lipinski definition) is 5. The highest BCUT2D eigenvalue weighted by Gasteiger charge is 2.73. The lowest BCUT2D eigenvalue weighted by Crippen LogP contribution is -2.50. The lowest BCUT2D eigenvalue weighted by Gasteiger charge is -2.30. The first-order valence-corrected chi connectivity index (χ1v) is 11.0. The molecular weight excluding hydrogens is 515 g/mol. The molecule has 35 heavy (non-hydrogen) atoms. The quantitative estimate of drug-likeness (QED) is 0.386. The van der Waals surface area contributed by atoms with Crippen molar-refractivity contribution in [1.29, 1.82) is 0 Å². The highest BCUT2D eigenvalue weighted by atomic mass is 32.2. The zero-order valence-corrected chi connectivity index (χ0v) is 18.5. The summed E-state index contributed by atoms with van der Waals surface area (Å²) < 4.78 is 120. The predicted molar refractivity (Wildman–Crippen MR) is 108 cm³/mol. The van der Waals surface area contributed by atoms with Crippen LogP contribution in [0.3, 0.4) is 0 Å². The maximum absolute atomic E-state index is 14.3. The van der Waals surface area contributed by atoms with E-state index in [4.69, 9.17) is 0 Å². The fourth-order valence-corrected chi connectivity index (χ4v) is 3.43. The standard InChI is InChI=1S/C20H16F7NO6S/c1-3-35(32,33)34-14-6-4-5-12(15(14)17(30)31)16(29)28-13-8-7-11(9-10(13)2)18(21,19(22,23)24)20(25,26)27/h4-9H,3H2,1-2H3,(H,28,29)(H,30,31). The number of rotatable bonds is 7.